The van der Waals surface area contributed by atoms with E-state index in [2.05, 4.69) is 17.2 Å². The van der Waals surface area contributed by atoms with E-state index in [0.717, 1.165) is 30.5 Å². The number of hydrogen-bond donors (Lipinski definition) is 1. The highest BCUT2D eigenvalue weighted by Crippen LogP contribution is 2.32. The first-order chi connectivity index (χ1) is 14.2. The highest BCUT2D eigenvalue weighted by Gasteiger charge is 2.26. The monoisotopic (exact) mass is 385 g/mol. The first-order valence-corrected chi connectivity index (χ1v) is 9.91. The molecule has 0 spiro atoms. The van der Waals surface area contributed by atoms with Gasteiger partial charge in [0.2, 0.25) is 0 Å². The van der Waals surface area contributed by atoms with Gasteiger partial charge in [-0.05, 0) is 60.4 Å². The molecule has 4 rings (SSSR count). The van der Waals surface area contributed by atoms with Crippen molar-refractivity contribution in [2.75, 3.05) is 16.8 Å². The second kappa shape index (κ2) is 8.27. The number of anilines is 2. The molecule has 3 aromatic rings. The summed E-state index contributed by atoms with van der Waals surface area (Å²) in [6, 6.07) is 17.0. The number of nitrogens with one attached hydrogen (secondary N) is 1. The maximum absolute atomic E-state index is 12.8. The van der Waals surface area contributed by atoms with Crippen LogP contribution in [0.2, 0.25) is 0 Å². The summed E-state index contributed by atoms with van der Waals surface area (Å²) in [6.07, 6.45) is 6.11. The van der Waals surface area contributed by atoms with Gasteiger partial charge in [-0.2, -0.15) is 0 Å². The van der Waals surface area contributed by atoms with Gasteiger partial charge < -0.3 is 10.2 Å². The van der Waals surface area contributed by atoms with Gasteiger partial charge in [-0.3, -0.25) is 14.6 Å². The summed E-state index contributed by atoms with van der Waals surface area (Å²) in [6.45, 7) is 2.76. The zero-order valence-corrected chi connectivity index (χ0v) is 16.4. The van der Waals surface area contributed by atoms with Crippen LogP contribution in [0.5, 0.6) is 0 Å². The zero-order valence-electron chi connectivity index (χ0n) is 16.4. The van der Waals surface area contributed by atoms with Crippen LogP contribution in [-0.4, -0.2) is 23.3 Å². The Morgan fingerprint density at radius 2 is 1.90 bits per heavy atom. The van der Waals surface area contributed by atoms with Crippen LogP contribution < -0.4 is 10.2 Å². The van der Waals surface area contributed by atoms with Crippen molar-refractivity contribution >= 4 is 23.2 Å². The summed E-state index contributed by atoms with van der Waals surface area (Å²) in [4.78, 5) is 31.3. The molecule has 2 aromatic carbocycles. The third kappa shape index (κ3) is 4.04. The number of carbonyl (C=O) groups excluding carboxylic acids is 2. The van der Waals surface area contributed by atoms with Crippen LogP contribution in [0, 0.1) is 0 Å². The van der Waals surface area contributed by atoms with Gasteiger partial charge >= 0.3 is 0 Å². The number of benzene rings is 2. The van der Waals surface area contributed by atoms with E-state index in [1.807, 2.05) is 42.5 Å². The average Bonchev–Trinajstić information content (AvgIpc) is 3.18. The first kappa shape index (κ1) is 18.9. The average molecular weight is 385 g/mol. The van der Waals surface area contributed by atoms with Gasteiger partial charge in [-0.15, -0.1) is 0 Å². The molecule has 0 saturated carbocycles. The predicted octanol–water partition coefficient (Wildman–Crippen LogP) is 4.49. The Kier molecular flexibility index (Phi) is 5.38. The van der Waals surface area contributed by atoms with Crippen molar-refractivity contribution < 1.29 is 9.59 Å². The summed E-state index contributed by atoms with van der Waals surface area (Å²) in [5, 5.41) is 2.95. The number of nitrogens with zero attached hydrogens (tertiary/aromatic N) is 2. The zero-order chi connectivity index (χ0) is 20.2. The van der Waals surface area contributed by atoms with E-state index in [4.69, 9.17) is 0 Å². The molecule has 5 nitrogen and oxygen atoms in total. The number of fused-ring (bicyclic) bond motifs is 1. The van der Waals surface area contributed by atoms with Crippen molar-refractivity contribution in [1.82, 2.24) is 4.98 Å². The molecule has 0 fully saturated rings. The van der Waals surface area contributed by atoms with Crippen LogP contribution in [0.15, 0.2) is 67.0 Å². The van der Waals surface area contributed by atoms with Crippen molar-refractivity contribution in [3.05, 3.63) is 89.2 Å². The highest BCUT2D eigenvalue weighted by atomic mass is 16.2. The lowest BCUT2D eigenvalue weighted by Gasteiger charge is -2.18. The Balaban J connectivity index is 1.52. The van der Waals surface area contributed by atoms with Gasteiger partial charge in [0, 0.05) is 35.9 Å². The Hall–Kier alpha value is -3.47. The third-order valence-electron chi connectivity index (χ3n) is 5.15. The molecule has 2 heterocycles. The number of rotatable bonds is 5. The molecule has 2 amide bonds. The van der Waals surface area contributed by atoms with Crippen LogP contribution in [-0.2, 0) is 12.8 Å². The molecule has 146 valence electrons. The first-order valence-electron chi connectivity index (χ1n) is 9.91. The third-order valence-corrected chi connectivity index (χ3v) is 5.15. The summed E-state index contributed by atoms with van der Waals surface area (Å²) >= 11 is 0. The van der Waals surface area contributed by atoms with Crippen molar-refractivity contribution in [2.45, 2.75) is 26.2 Å². The van der Waals surface area contributed by atoms with Gasteiger partial charge in [-0.1, -0.05) is 31.5 Å². The summed E-state index contributed by atoms with van der Waals surface area (Å²) in [5.41, 5.74) is 5.03. The Morgan fingerprint density at radius 1 is 1.07 bits per heavy atom. The Morgan fingerprint density at radius 3 is 2.62 bits per heavy atom. The molecule has 0 bridgehead atoms. The minimum atomic E-state index is -0.156. The second-order valence-corrected chi connectivity index (χ2v) is 7.19. The molecule has 1 N–H and O–H groups in total. The van der Waals surface area contributed by atoms with E-state index in [1.54, 1.807) is 29.4 Å². The molecule has 0 atom stereocenters. The second-order valence-electron chi connectivity index (χ2n) is 7.19. The van der Waals surface area contributed by atoms with E-state index in [-0.39, 0.29) is 11.8 Å². The normalized spacial score (nSPS) is 12.5. The SMILES string of the molecule is CCCc1ccc(C(=O)Nc2ccc3c(c2)N(C(=O)c2cccnc2)CC3)cc1. The Bertz CT molecular complexity index is 1030. The molecule has 0 aliphatic carbocycles. The van der Waals surface area contributed by atoms with E-state index in [1.165, 1.54) is 5.56 Å². The number of amides is 2. The van der Waals surface area contributed by atoms with E-state index in [9.17, 15) is 9.59 Å². The van der Waals surface area contributed by atoms with E-state index < -0.39 is 0 Å². The van der Waals surface area contributed by atoms with Gasteiger partial charge in [0.15, 0.2) is 0 Å². The van der Waals surface area contributed by atoms with Gasteiger partial charge in [0.25, 0.3) is 11.8 Å². The highest BCUT2D eigenvalue weighted by molar-refractivity contribution is 6.08. The number of aromatic nitrogens is 1. The van der Waals surface area contributed by atoms with Gasteiger partial charge in [0.1, 0.15) is 0 Å². The fourth-order valence-electron chi connectivity index (χ4n) is 3.63. The maximum atomic E-state index is 12.8. The van der Waals surface area contributed by atoms with Gasteiger partial charge in [0.05, 0.1) is 5.56 Å². The van der Waals surface area contributed by atoms with Crippen LogP contribution in [0.25, 0.3) is 0 Å². The summed E-state index contributed by atoms with van der Waals surface area (Å²) < 4.78 is 0. The molecule has 5 heteroatoms. The molecule has 1 aromatic heterocycles. The summed E-state index contributed by atoms with van der Waals surface area (Å²) in [5.74, 6) is -0.233. The van der Waals surface area contributed by atoms with Crippen molar-refractivity contribution in [2.24, 2.45) is 0 Å². The lowest BCUT2D eigenvalue weighted by molar-refractivity contribution is 0.0987. The number of hydrogen-bond acceptors (Lipinski definition) is 3. The summed E-state index contributed by atoms with van der Waals surface area (Å²) in [7, 11) is 0. The maximum Gasteiger partial charge on any atom is 0.259 e. The topological polar surface area (TPSA) is 62.3 Å². The van der Waals surface area contributed by atoms with E-state index in [0.29, 0.717) is 23.4 Å². The molecule has 0 saturated heterocycles. The predicted molar refractivity (Wildman–Crippen MR) is 114 cm³/mol. The largest absolute Gasteiger partial charge is 0.322 e. The molecule has 29 heavy (non-hydrogen) atoms. The fraction of sp³-hybridized carbons (Fsp3) is 0.208. The molecule has 0 radical (unpaired) electrons. The number of aryl methyl sites for hydroxylation is 1. The van der Waals surface area contributed by atoms with Crippen LogP contribution in [0.4, 0.5) is 11.4 Å². The van der Waals surface area contributed by atoms with Crippen LogP contribution in [0.1, 0.15) is 45.2 Å². The quantitative estimate of drug-likeness (QED) is 0.704. The Labute approximate surface area is 170 Å². The van der Waals surface area contributed by atoms with Crippen LogP contribution >= 0.6 is 0 Å². The van der Waals surface area contributed by atoms with Crippen molar-refractivity contribution in [3.8, 4) is 0 Å². The number of carbonyl (C=O) groups is 2. The molecule has 1 aliphatic rings. The lowest BCUT2D eigenvalue weighted by Crippen LogP contribution is -2.29. The minimum Gasteiger partial charge on any atom is -0.322 e. The standard InChI is InChI=1S/C24H23N3O2/c1-2-4-17-6-8-19(9-7-17)23(28)26-21-11-10-18-12-14-27(22(18)15-21)24(29)20-5-3-13-25-16-20/h3,5-11,13,15-16H,2,4,12,14H2,1H3,(H,26,28). The number of pyridine rings is 1. The van der Waals surface area contributed by atoms with E-state index >= 15 is 0 Å². The fourth-order valence-corrected chi connectivity index (χ4v) is 3.63. The lowest BCUT2D eigenvalue weighted by atomic mass is 10.1. The van der Waals surface area contributed by atoms with Gasteiger partial charge in [-0.25, -0.2) is 0 Å². The van der Waals surface area contributed by atoms with Crippen molar-refractivity contribution in [3.63, 3.8) is 0 Å². The molecular weight excluding hydrogens is 362 g/mol. The smallest absolute Gasteiger partial charge is 0.259 e. The molecule has 0 unspecified atom stereocenters. The minimum absolute atomic E-state index is 0.0770. The van der Waals surface area contributed by atoms with Crippen molar-refractivity contribution in [1.29, 1.82) is 0 Å². The molecule has 1 aliphatic heterocycles. The van der Waals surface area contributed by atoms with Crippen LogP contribution in [0.3, 0.4) is 0 Å². The molecular formula is C24H23N3O2.